The van der Waals surface area contributed by atoms with E-state index in [1.54, 1.807) is 6.20 Å². The summed E-state index contributed by atoms with van der Waals surface area (Å²) in [5.41, 5.74) is -1.95. The summed E-state index contributed by atoms with van der Waals surface area (Å²) < 4.78 is 40.0. The number of alkyl halides is 3. The average molecular weight is 305 g/mol. The lowest BCUT2D eigenvalue weighted by atomic mass is 10.3. The highest BCUT2D eigenvalue weighted by atomic mass is 35.5. The number of anilines is 1. The van der Waals surface area contributed by atoms with Crippen molar-refractivity contribution in [3.63, 3.8) is 0 Å². The molecule has 0 spiro atoms. The van der Waals surface area contributed by atoms with Crippen LogP contribution in [-0.4, -0.2) is 36.2 Å². The predicted octanol–water partition coefficient (Wildman–Crippen LogP) is 2.22. The van der Waals surface area contributed by atoms with Crippen LogP contribution in [0.15, 0.2) is 18.7 Å². The van der Waals surface area contributed by atoms with Crippen LogP contribution >= 0.6 is 11.6 Å². The fraction of sp³-hybridized carbons (Fsp3) is 0.400. The van der Waals surface area contributed by atoms with Crippen molar-refractivity contribution in [3.8, 4) is 5.95 Å². The minimum Gasteiger partial charge on any atom is -0.340 e. The second-order valence-corrected chi connectivity index (χ2v) is 4.74. The Morgan fingerprint density at radius 1 is 1.25 bits per heavy atom. The SMILES string of the molecule is FC(F)(F)C1(Nc2nc(Cl)nc(-n3ccnc3)n2)CC1. The zero-order chi connectivity index (χ0) is 14.4. The Labute approximate surface area is 116 Å². The molecule has 2 aromatic heterocycles. The van der Waals surface area contributed by atoms with Crippen molar-refractivity contribution in [2.75, 3.05) is 5.32 Å². The minimum absolute atomic E-state index is 0.0137. The van der Waals surface area contributed by atoms with E-state index in [-0.39, 0.29) is 30.0 Å². The number of aromatic nitrogens is 5. The van der Waals surface area contributed by atoms with Gasteiger partial charge in [0.15, 0.2) is 0 Å². The highest BCUT2D eigenvalue weighted by molar-refractivity contribution is 6.28. The number of hydrogen-bond acceptors (Lipinski definition) is 5. The summed E-state index contributed by atoms with van der Waals surface area (Å²) in [6, 6.07) is 0. The Hall–Kier alpha value is -1.90. The van der Waals surface area contributed by atoms with Crippen LogP contribution in [-0.2, 0) is 0 Å². The molecule has 2 aromatic rings. The van der Waals surface area contributed by atoms with Gasteiger partial charge in [-0.05, 0) is 24.4 Å². The molecule has 1 N–H and O–H groups in total. The third-order valence-electron chi connectivity index (χ3n) is 2.98. The number of hydrogen-bond donors (Lipinski definition) is 1. The fourth-order valence-corrected chi connectivity index (χ4v) is 1.86. The van der Waals surface area contributed by atoms with Gasteiger partial charge in [-0.1, -0.05) is 0 Å². The van der Waals surface area contributed by atoms with Crippen LogP contribution in [0.5, 0.6) is 0 Å². The molecule has 3 rings (SSSR count). The van der Waals surface area contributed by atoms with E-state index in [9.17, 15) is 13.2 Å². The molecular weight excluding hydrogens is 297 g/mol. The molecular formula is C10H8ClF3N6. The largest absolute Gasteiger partial charge is 0.411 e. The molecule has 0 unspecified atom stereocenters. The molecule has 6 nitrogen and oxygen atoms in total. The average Bonchev–Trinajstić information content (AvgIpc) is 2.94. The second-order valence-electron chi connectivity index (χ2n) is 4.40. The summed E-state index contributed by atoms with van der Waals surface area (Å²) >= 11 is 5.71. The molecule has 2 heterocycles. The van der Waals surface area contributed by atoms with E-state index >= 15 is 0 Å². The summed E-state index contributed by atoms with van der Waals surface area (Å²) in [4.78, 5) is 15.2. The van der Waals surface area contributed by atoms with E-state index in [0.29, 0.717) is 0 Å². The molecule has 0 aliphatic heterocycles. The standard InChI is InChI=1S/C10H8ClF3N6/c11-6-16-7(19-9(1-2-9)10(12,13)14)18-8(17-6)20-4-3-15-5-20/h3-5H,1-2H2,(H,16,17,18,19). The Balaban J connectivity index is 1.92. The van der Waals surface area contributed by atoms with Crippen LogP contribution in [0.25, 0.3) is 5.95 Å². The van der Waals surface area contributed by atoms with Crippen molar-refractivity contribution in [2.45, 2.75) is 24.6 Å². The first-order valence-electron chi connectivity index (χ1n) is 5.64. The molecule has 0 saturated heterocycles. The molecule has 0 radical (unpaired) electrons. The molecule has 1 aliphatic carbocycles. The summed E-state index contributed by atoms with van der Waals surface area (Å²) in [5.74, 6) is -0.105. The van der Waals surface area contributed by atoms with Crippen molar-refractivity contribution >= 4 is 17.5 Å². The van der Waals surface area contributed by atoms with Crippen LogP contribution in [0.1, 0.15) is 12.8 Å². The third kappa shape index (κ3) is 2.28. The monoisotopic (exact) mass is 304 g/mol. The maximum Gasteiger partial charge on any atom is 0.411 e. The van der Waals surface area contributed by atoms with Gasteiger partial charge < -0.3 is 5.32 Å². The summed E-state index contributed by atoms with van der Waals surface area (Å²) in [6.07, 6.45) is 0.0583. The predicted molar refractivity (Wildman–Crippen MR) is 63.6 cm³/mol. The first kappa shape index (κ1) is 13.1. The smallest absolute Gasteiger partial charge is 0.340 e. The van der Waals surface area contributed by atoms with Gasteiger partial charge >= 0.3 is 6.18 Å². The van der Waals surface area contributed by atoms with Gasteiger partial charge in [-0.15, -0.1) is 0 Å². The number of imidazole rings is 1. The topological polar surface area (TPSA) is 68.5 Å². The van der Waals surface area contributed by atoms with Crippen LogP contribution in [0.4, 0.5) is 19.1 Å². The van der Waals surface area contributed by atoms with Crippen LogP contribution in [0.3, 0.4) is 0 Å². The molecule has 106 valence electrons. The Bertz CT molecular complexity index is 622. The van der Waals surface area contributed by atoms with Gasteiger partial charge in [0.05, 0.1) is 0 Å². The van der Waals surface area contributed by atoms with Crippen molar-refractivity contribution in [3.05, 3.63) is 24.0 Å². The van der Waals surface area contributed by atoms with Gasteiger partial charge in [-0.25, -0.2) is 4.98 Å². The molecule has 0 atom stereocenters. The number of halogens is 4. The highest BCUT2D eigenvalue weighted by Gasteiger charge is 2.64. The van der Waals surface area contributed by atoms with Crippen molar-refractivity contribution in [1.29, 1.82) is 0 Å². The highest BCUT2D eigenvalue weighted by Crippen LogP contribution is 2.50. The summed E-state index contributed by atoms with van der Waals surface area (Å²) in [6.45, 7) is 0. The molecule has 0 amide bonds. The van der Waals surface area contributed by atoms with E-state index in [1.807, 2.05) is 0 Å². The fourth-order valence-electron chi connectivity index (χ4n) is 1.71. The lowest BCUT2D eigenvalue weighted by Gasteiger charge is -2.20. The first-order valence-corrected chi connectivity index (χ1v) is 6.02. The Morgan fingerprint density at radius 3 is 2.55 bits per heavy atom. The summed E-state index contributed by atoms with van der Waals surface area (Å²) in [5, 5.41) is 2.12. The van der Waals surface area contributed by atoms with Gasteiger partial charge in [-0.2, -0.15) is 28.1 Å². The van der Waals surface area contributed by atoms with Gasteiger partial charge in [-0.3, -0.25) is 4.57 Å². The second kappa shape index (κ2) is 4.30. The van der Waals surface area contributed by atoms with Crippen LogP contribution < -0.4 is 5.32 Å². The first-order chi connectivity index (χ1) is 9.40. The van der Waals surface area contributed by atoms with Crippen LogP contribution in [0.2, 0.25) is 5.28 Å². The lowest BCUT2D eigenvalue weighted by molar-refractivity contribution is -0.151. The lowest BCUT2D eigenvalue weighted by Crippen LogP contribution is -2.39. The number of rotatable bonds is 3. The maximum absolute atomic E-state index is 12.9. The summed E-state index contributed by atoms with van der Waals surface area (Å²) in [7, 11) is 0. The van der Waals surface area contributed by atoms with Gasteiger partial charge in [0.1, 0.15) is 11.9 Å². The van der Waals surface area contributed by atoms with Gasteiger partial charge in [0, 0.05) is 12.4 Å². The molecule has 1 fully saturated rings. The maximum atomic E-state index is 12.9. The van der Waals surface area contributed by atoms with E-state index in [2.05, 4.69) is 25.3 Å². The molecule has 0 aromatic carbocycles. The molecule has 20 heavy (non-hydrogen) atoms. The number of nitrogens with one attached hydrogen (secondary N) is 1. The van der Waals surface area contributed by atoms with Crippen molar-refractivity contribution in [2.24, 2.45) is 0 Å². The van der Waals surface area contributed by atoms with Crippen LogP contribution in [0, 0.1) is 0 Å². The minimum atomic E-state index is -4.36. The Morgan fingerprint density at radius 2 is 2.00 bits per heavy atom. The zero-order valence-corrected chi connectivity index (χ0v) is 10.7. The van der Waals surface area contributed by atoms with Gasteiger partial charge in [0.25, 0.3) is 0 Å². The van der Waals surface area contributed by atoms with E-state index in [1.165, 1.54) is 17.1 Å². The van der Waals surface area contributed by atoms with Gasteiger partial charge in [0.2, 0.25) is 17.2 Å². The van der Waals surface area contributed by atoms with Crippen molar-refractivity contribution < 1.29 is 13.2 Å². The van der Waals surface area contributed by atoms with E-state index < -0.39 is 11.7 Å². The van der Waals surface area contributed by atoms with E-state index in [0.717, 1.165) is 0 Å². The van der Waals surface area contributed by atoms with Crippen molar-refractivity contribution in [1.82, 2.24) is 24.5 Å². The molecule has 10 heteroatoms. The molecule has 1 saturated carbocycles. The molecule has 1 aliphatic rings. The zero-order valence-electron chi connectivity index (χ0n) is 9.89. The normalized spacial score (nSPS) is 17.0. The third-order valence-corrected chi connectivity index (χ3v) is 3.14. The number of nitrogens with zero attached hydrogens (tertiary/aromatic N) is 5. The Kier molecular flexibility index (Phi) is 2.82. The quantitative estimate of drug-likeness (QED) is 0.941. The molecule has 0 bridgehead atoms. The van der Waals surface area contributed by atoms with E-state index in [4.69, 9.17) is 11.6 Å².